The molecule has 0 aromatic heterocycles. The van der Waals surface area contributed by atoms with Crippen molar-refractivity contribution in [3.63, 3.8) is 0 Å². The van der Waals surface area contributed by atoms with Gasteiger partial charge in [-0.05, 0) is 26.0 Å². The van der Waals surface area contributed by atoms with Gasteiger partial charge in [0.2, 0.25) is 0 Å². The summed E-state index contributed by atoms with van der Waals surface area (Å²) in [6, 6.07) is 4.46. The van der Waals surface area contributed by atoms with Gasteiger partial charge in [-0.3, -0.25) is 4.79 Å². The lowest BCUT2D eigenvalue weighted by molar-refractivity contribution is 0.0693. The van der Waals surface area contributed by atoms with E-state index in [0.29, 0.717) is 18.8 Å². The molecule has 9 heteroatoms. The van der Waals surface area contributed by atoms with Crippen LogP contribution in [0.2, 0.25) is 20.1 Å². The normalized spacial score (nSPS) is 10.2. The van der Waals surface area contributed by atoms with E-state index in [4.69, 9.17) is 46.4 Å². The number of ketones is 1. The minimum absolute atomic E-state index is 0.134. The number of anilines is 1. The van der Waals surface area contributed by atoms with Crippen LogP contribution in [0.1, 0.15) is 54.0 Å². The van der Waals surface area contributed by atoms with Gasteiger partial charge >= 0.3 is 5.97 Å². The summed E-state index contributed by atoms with van der Waals surface area (Å²) in [5.41, 5.74) is -0.432. The van der Waals surface area contributed by atoms with Crippen molar-refractivity contribution in [1.82, 2.24) is 0 Å². The number of carboxylic acids is 1. The van der Waals surface area contributed by atoms with Crippen LogP contribution in [0.3, 0.4) is 0 Å². The molecule has 2 aromatic rings. The molecule has 0 amide bonds. The van der Waals surface area contributed by atoms with Crippen molar-refractivity contribution in [2.45, 2.75) is 27.7 Å². The predicted octanol–water partition coefficient (Wildman–Crippen LogP) is 6.81. The summed E-state index contributed by atoms with van der Waals surface area (Å²) >= 11 is 23.9. The number of aromatic carboxylic acids is 1. The van der Waals surface area contributed by atoms with Crippen LogP contribution in [-0.4, -0.2) is 35.1 Å². The number of halogens is 4. The SMILES string of the molecule is CC.CCN(CC)c1ccc(C(=O)c2c(Cl)c(Cl)c(Cl)c(Cl)c2C(=O)O)c(O)c1. The molecule has 2 rings (SSSR count). The Balaban J connectivity index is 0.00000204. The Morgan fingerprint density at radius 1 is 0.897 bits per heavy atom. The number of hydrogen-bond donors (Lipinski definition) is 2. The molecule has 0 spiro atoms. The molecule has 0 atom stereocenters. The number of phenols is 1. The van der Waals surface area contributed by atoms with E-state index in [9.17, 15) is 19.8 Å². The lowest BCUT2D eigenvalue weighted by Crippen LogP contribution is -2.21. The zero-order chi connectivity index (χ0) is 22.5. The lowest BCUT2D eigenvalue weighted by Gasteiger charge is -2.21. The van der Waals surface area contributed by atoms with Gasteiger partial charge in [0.1, 0.15) is 5.75 Å². The molecule has 29 heavy (non-hydrogen) atoms. The summed E-state index contributed by atoms with van der Waals surface area (Å²) in [5, 5.41) is 18.6. The van der Waals surface area contributed by atoms with Gasteiger partial charge in [0.25, 0.3) is 0 Å². The van der Waals surface area contributed by atoms with Crippen LogP contribution in [0.4, 0.5) is 5.69 Å². The number of rotatable bonds is 6. The smallest absolute Gasteiger partial charge is 0.338 e. The summed E-state index contributed by atoms with van der Waals surface area (Å²) in [6.07, 6.45) is 0. The number of nitrogens with zero attached hydrogens (tertiary/aromatic N) is 1. The van der Waals surface area contributed by atoms with Crippen molar-refractivity contribution >= 4 is 63.8 Å². The van der Waals surface area contributed by atoms with Crippen molar-refractivity contribution in [3.8, 4) is 5.75 Å². The van der Waals surface area contributed by atoms with E-state index in [2.05, 4.69) is 0 Å². The molecular formula is C20H21Cl4NO4. The fourth-order valence-electron chi connectivity index (χ4n) is 2.68. The topological polar surface area (TPSA) is 77.8 Å². The highest BCUT2D eigenvalue weighted by molar-refractivity contribution is 6.54. The zero-order valence-electron chi connectivity index (χ0n) is 16.3. The van der Waals surface area contributed by atoms with E-state index < -0.39 is 27.9 Å². The van der Waals surface area contributed by atoms with Gasteiger partial charge in [-0.1, -0.05) is 60.3 Å². The van der Waals surface area contributed by atoms with Crippen molar-refractivity contribution in [2.24, 2.45) is 0 Å². The zero-order valence-corrected chi connectivity index (χ0v) is 19.3. The van der Waals surface area contributed by atoms with Gasteiger partial charge in [-0.25, -0.2) is 4.79 Å². The number of carbonyl (C=O) groups excluding carboxylic acids is 1. The average Bonchev–Trinajstić information content (AvgIpc) is 2.70. The quantitative estimate of drug-likeness (QED) is 0.269. The Bertz CT molecular complexity index is 927. The van der Waals surface area contributed by atoms with E-state index in [1.165, 1.54) is 12.1 Å². The summed E-state index contributed by atoms with van der Waals surface area (Å²) in [7, 11) is 0. The minimum Gasteiger partial charge on any atom is -0.507 e. The summed E-state index contributed by atoms with van der Waals surface area (Å²) in [4.78, 5) is 26.6. The Labute approximate surface area is 189 Å². The second kappa shape index (κ2) is 10.9. The summed E-state index contributed by atoms with van der Waals surface area (Å²) in [6.45, 7) is 9.33. The van der Waals surface area contributed by atoms with Gasteiger partial charge in [-0.2, -0.15) is 0 Å². The van der Waals surface area contributed by atoms with Crippen LogP contribution in [-0.2, 0) is 0 Å². The van der Waals surface area contributed by atoms with Gasteiger partial charge in [0, 0.05) is 24.8 Å². The Morgan fingerprint density at radius 2 is 1.38 bits per heavy atom. The highest BCUT2D eigenvalue weighted by Crippen LogP contribution is 2.43. The predicted molar refractivity (Wildman–Crippen MR) is 120 cm³/mol. The molecule has 0 fully saturated rings. The molecule has 0 unspecified atom stereocenters. The standard InChI is InChI=1S/C18H15Cl4NO4.C2H6/c1-3-23(4-2)8-5-6-9(10(24)7-8)17(25)11-12(18(26)27)14(20)16(22)15(21)13(11)19;1-2/h5-7,24H,3-4H2,1-2H3,(H,26,27);1-2H3. The highest BCUT2D eigenvalue weighted by atomic mass is 35.5. The van der Waals surface area contributed by atoms with E-state index in [1.807, 2.05) is 32.6 Å². The highest BCUT2D eigenvalue weighted by Gasteiger charge is 2.30. The molecular weight excluding hydrogens is 460 g/mol. The summed E-state index contributed by atoms with van der Waals surface area (Å²) in [5.74, 6) is -2.65. The number of phenolic OH excluding ortho intramolecular Hbond substituents is 1. The van der Waals surface area contributed by atoms with Crippen LogP contribution < -0.4 is 4.90 Å². The van der Waals surface area contributed by atoms with Crippen molar-refractivity contribution < 1.29 is 19.8 Å². The first-order valence-electron chi connectivity index (χ1n) is 8.87. The van der Waals surface area contributed by atoms with Crippen LogP contribution in [0.5, 0.6) is 5.75 Å². The maximum Gasteiger partial charge on any atom is 0.338 e. The second-order valence-electron chi connectivity index (χ2n) is 5.51. The fourth-order valence-corrected chi connectivity index (χ4v) is 3.70. The van der Waals surface area contributed by atoms with Crippen molar-refractivity contribution in [2.75, 3.05) is 18.0 Å². The number of hydrogen-bond acceptors (Lipinski definition) is 4. The third-order valence-electron chi connectivity index (χ3n) is 4.06. The van der Waals surface area contributed by atoms with Crippen LogP contribution >= 0.6 is 46.4 Å². The Morgan fingerprint density at radius 3 is 1.79 bits per heavy atom. The molecule has 5 nitrogen and oxygen atoms in total. The summed E-state index contributed by atoms with van der Waals surface area (Å²) < 4.78 is 0. The van der Waals surface area contributed by atoms with Crippen molar-refractivity contribution in [3.05, 3.63) is 55.0 Å². The van der Waals surface area contributed by atoms with Crippen molar-refractivity contribution in [1.29, 1.82) is 0 Å². The average molecular weight is 481 g/mol. The fraction of sp³-hybridized carbons (Fsp3) is 0.300. The van der Waals surface area contributed by atoms with Crippen LogP contribution in [0.15, 0.2) is 18.2 Å². The monoisotopic (exact) mass is 479 g/mol. The van der Waals surface area contributed by atoms with E-state index in [-0.39, 0.29) is 26.4 Å². The van der Waals surface area contributed by atoms with Gasteiger partial charge in [-0.15, -0.1) is 0 Å². The van der Waals surface area contributed by atoms with E-state index in [1.54, 1.807) is 6.07 Å². The second-order valence-corrected chi connectivity index (χ2v) is 7.03. The number of carboxylic acid groups (broad SMARTS) is 1. The molecule has 0 aliphatic carbocycles. The first-order chi connectivity index (χ1) is 13.6. The Kier molecular flexibility index (Phi) is 9.56. The third kappa shape index (κ3) is 5.10. The van der Waals surface area contributed by atoms with Crippen LogP contribution in [0.25, 0.3) is 0 Å². The third-order valence-corrected chi connectivity index (χ3v) is 5.86. The number of carbonyl (C=O) groups is 2. The van der Waals surface area contributed by atoms with Crippen LogP contribution in [0, 0.1) is 0 Å². The molecule has 2 aromatic carbocycles. The van der Waals surface area contributed by atoms with E-state index >= 15 is 0 Å². The first kappa shape index (κ1) is 25.4. The first-order valence-corrected chi connectivity index (χ1v) is 10.4. The van der Waals surface area contributed by atoms with Gasteiger partial charge < -0.3 is 15.1 Å². The van der Waals surface area contributed by atoms with E-state index in [0.717, 1.165) is 0 Å². The molecule has 0 saturated carbocycles. The number of aromatic hydroxyl groups is 1. The molecule has 0 radical (unpaired) electrons. The maximum atomic E-state index is 13.0. The number of benzene rings is 2. The molecule has 0 bridgehead atoms. The minimum atomic E-state index is -1.50. The molecule has 0 aliphatic heterocycles. The molecule has 158 valence electrons. The largest absolute Gasteiger partial charge is 0.507 e. The lowest BCUT2D eigenvalue weighted by atomic mass is 9.97. The van der Waals surface area contributed by atoms with Gasteiger partial charge in [0.05, 0.1) is 36.8 Å². The Hall–Kier alpha value is -1.66. The maximum absolute atomic E-state index is 13.0. The molecule has 2 N–H and O–H groups in total. The molecule has 0 aliphatic rings. The molecule has 0 heterocycles. The van der Waals surface area contributed by atoms with Gasteiger partial charge in [0.15, 0.2) is 5.78 Å². The molecule has 0 saturated heterocycles.